The second-order valence-electron chi connectivity index (χ2n) is 4.88. The minimum atomic E-state index is -0.0368. The zero-order valence-corrected chi connectivity index (χ0v) is 10.2. The molecular formula is C11H25NO. The van der Waals surface area contributed by atoms with Crippen molar-refractivity contribution in [3.63, 3.8) is 0 Å². The molecule has 0 saturated carbocycles. The summed E-state index contributed by atoms with van der Waals surface area (Å²) in [6, 6.07) is 0.476. The fourth-order valence-electron chi connectivity index (χ4n) is 1.31. The molecule has 0 heterocycles. The average molecular weight is 187 g/mol. The Morgan fingerprint density at radius 2 is 1.69 bits per heavy atom. The second-order valence-corrected chi connectivity index (χ2v) is 4.88. The SMILES string of the molecule is CC[C@@H](OC(C)(C)C)[C@H](C)N(C)C. The molecule has 0 rings (SSSR count). The topological polar surface area (TPSA) is 12.5 Å². The summed E-state index contributed by atoms with van der Waals surface area (Å²) in [6.45, 7) is 10.7. The fourth-order valence-corrected chi connectivity index (χ4v) is 1.31. The van der Waals surface area contributed by atoms with E-state index in [1.54, 1.807) is 0 Å². The summed E-state index contributed by atoms with van der Waals surface area (Å²) in [5.41, 5.74) is -0.0368. The van der Waals surface area contributed by atoms with Crippen LogP contribution in [-0.4, -0.2) is 36.7 Å². The lowest BCUT2D eigenvalue weighted by Crippen LogP contribution is -2.41. The Bertz CT molecular complexity index is 138. The van der Waals surface area contributed by atoms with Crippen molar-refractivity contribution in [2.45, 2.75) is 58.8 Å². The van der Waals surface area contributed by atoms with Gasteiger partial charge in [0.1, 0.15) is 0 Å². The summed E-state index contributed by atoms with van der Waals surface area (Å²) in [4.78, 5) is 2.21. The maximum atomic E-state index is 5.97. The minimum absolute atomic E-state index is 0.0368. The number of hydrogen-bond donors (Lipinski definition) is 0. The highest BCUT2D eigenvalue weighted by atomic mass is 16.5. The molecule has 0 spiro atoms. The predicted molar refractivity (Wildman–Crippen MR) is 58.1 cm³/mol. The van der Waals surface area contributed by atoms with Crippen LogP contribution in [0.4, 0.5) is 0 Å². The first-order chi connectivity index (χ1) is 5.78. The summed E-state index contributed by atoms with van der Waals surface area (Å²) in [7, 11) is 4.19. The van der Waals surface area contributed by atoms with Crippen LogP contribution in [0.1, 0.15) is 41.0 Å². The van der Waals surface area contributed by atoms with Gasteiger partial charge in [0.15, 0.2) is 0 Å². The van der Waals surface area contributed by atoms with Crippen molar-refractivity contribution >= 4 is 0 Å². The number of likely N-dealkylation sites (N-methyl/N-ethyl adjacent to an activating group) is 1. The van der Waals surface area contributed by atoms with Crippen molar-refractivity contribution in [2.24, 2.45) is 0 Å². The Morgan fingerprint density at radius 3 is 1.92 bits per heavy atom. The van der Waals surface area contributed by atoms with Gasteiger partial charge in [0.25, 0.3) is 0 Å². The smallest absolute Gasteiger partial charge is 0.0731 e. The van der Waals surface area contributed by atoms with E-state index in [1.807, 2.05) is 0 Å². The largest absolute Gasteiger partial charge is 0.371 e. The highest BCUT2D eigenvalue weighted by Crippen LogP contribution is 2.17. The summed E-state index contributed by atoms with van der Waals surface area (Å²) in [5.74, 6) is 0. The van der Waals surface area contributed by atoms with Crippen molar-refractivity contribution in [2.75, 3.05) is 14.1 Å². The van der Waals surface area contributed by atoms with Crippen LogP contribution in [0.3, 0.4) is 0 Å². The van der Waals surface area contributed by atoms with E-state index >= 15 is 0 Å². The predicted octanol–water partition coefficient (Wildman–Crippen LogP) is 2.53. The number of nitrogens with zero attached hydrogens (tertiary/aromatic N) is 1. The second kappa shape index (κ2) is 4.97. The van der Waals surface area contributed by atoms with E-state index in [1.165, 1.54) is 0 Å². The molecule has 0 aliphatic heterocycles. The van der Waals surface area contributed by atoms with Gasteiger partial charge in [-0.25, -0.2) is 0 Å². The molecule has 0 fully saturated rings. The van der Waals surface area contributed by atoms with Crippen molar-refractivity contribution < 1.29 is 4.74 Å². The quantitative estimate of drug-likeness (QED) is 0.670. The summed E-state index contributed by atoms with van der Waals surface area (Å²) < 4.78 is 5.97. The Balaban J connectivity index is 4.18. The van der Waals surface area contributed by atoms with Crippen molar-refractivity contribution in [3.05, 3.63) is 0 Å². The van der Waals surface area contributed by atoms with E-state index in [4.69, 9.17) is 4.74 Å². The van der Waals surface area contributed by atoms with Crippen LogP contribution < -0.4 is 0 Å². The molecule has 0 aromatic rings. The molecule has 0 N–H and O–H groups in total. The lowest BCUT2D eigenvalue weighted by Gasteiger charge is -2.34. The fraction of sp³-hybridized carbons (Fsp3) is 1.00. The molecule has 0 aliphatic carbocycles. The molecule has 0 radical (unpaired) electrons. The van der Waals surface area contributed by atoms with Crippen LogP contribution in [0, 0.1) is 0 Å². The standard InChI is InChI=1S/C11H25NO/c1-8-10(9(2)12(6)7)13-11(3,4)5/h9-10H,8H2,1-7H3/t9-,10+/m0/s1. The summed E-state index contributed by atoms with van der Waals surface area (Å²) >= 11 is 0. The van der Waals surface area contributed by atoms with Gasteiger partial charge in [-0.2, -0.15) is 0 Å². The molecule has 2 atom stereocenters. The molecule has 0 aliphatic rings. The van der Waals surface area contributed by atoms with Crippen LogP contribution in [0.15, 0.2) is 0 Å². The average Bonchev–Trinajstić information content (AvgIpc) is 1.97. The van der Waals surface area contributed by atoms with Crippen molar-refractivity contribution in [1.29, 1.82) is 0 Å². The van der Waals surface area contributed by atoms with Gasteiger partial charge in [-0.1, -0.05) is 6.92 Å². The van der Waals surface area contributed by atoms with Gasteiger partial charge < -0.3 is 9.64 Å². The minimum Gasteiger partial charge on any atom is -0.371 e. The van der Waals surface area contributed by atoms with Gasteiger partial charge in [0, 0.05) is 6.04 Å². The maximum absolute atomic E-state index is 5.97. The zero-order chi connectivity index (χ0) is 10.6. The van der Waals surface area contributed by atoms with Gasteiger partial charge in [0.05, 0.1) is 11.7 Å². The van der Waals surface area contributed by atoms with E-state index in [0.29, 0.717) is 12.1 Å². The van der Waals surface area contributed by atoms with Gasteiger partial charge >= 0.3 is 0 Å². The number of ether oxygens (including phenoxy) is 1. The van der Waals surface area contributed by atoms with Gasteiger partial charge in [-0.05, 0) is 48.2 Å². The molecule has 2 nitrogen and oxygen atoms in total. The van der Waals surface area contributed by atoms with Crippen LogP contribution >= 0.6 is 0 Å². The van der Waals surface area contributed by atoms with E-state index < -0.39 is 0 Å². The normalized spacial score (nSPS) is 17.5. The molecule has 0 aromatic heterocycles. The Labute approximate surface area is 83.3 Å². The maximum Gasteiger partial charge on any atom is 0.0731 e. The molecule has 0 amide bonds. The van der Waals surface area contributed by atoms with Gasteiger partial charge in [-0.3, -0.25) is 0 Å². The highest BCUT2D eigenvalue weighted by Gasteiger charge is 2.23. The lowest BCUT2D eigenvalue weighted by molar-refractivity contribution is -0.0874. The molecule has 2 heteroatoms. The third kappa shape index (κ3) is 5.27. The van der Waals surface area contributed by atoms with Crippen molar-refractivity contribution in [1.82, 2.24) is 4.90 Å². The first-order valence-corrected chi connectivity index (χ1v) is 5.12. The molecule has 0 bridgehead atoms. The third-order valence-corrected chi connectivity index (χ3v) is 2.26. The monoisotopic (exact) mass is 187 g/mol. The van der Waals surface area contributed by atoms with Crippen molar-refractivity contribution in [3.8, 4) is 0 Å². The first kappa shape index (κ1) is 12.9. The van der Waals surface area contributed by atoms with Crippen LogP contribution in [-0.2, 0) is 4.74 Å². The number of hydrogen-bond acceptors (Lipinski definition) is 2. The van der Waals surface area contributed by atoms with E-state index in [-0.39, 0.29) is 5.60 Å². The van der Waals surface area contributed by atoms with Gasteiger partial charge in [0.2, 0.25) is 0 Å². The number of rotatable bonds is 4. The van der Waals surface area contributed by atoms with Crippen LogP contribution in [0.25, 0.3) is 0 Å². The third-order valence-electron chi connectivity index (χ3n) is 2.26. The lowest BCUT2D eigenvalue weighted by atomic mass is 10.1. The molecular weight excluding hydrogens is 162 g/mol. The molecule has 0 unspecified atom stereocenters. The van der Waals surface area contributed by atoms with E-state index in [0.717, 1.165) is 6.42 Å². The Morgan fingerprint density at radius 1 is 1.23 bits per heavy atom. The van der Waals surface area contributed by atoms with Gasteiger partial charge in [-0.15, -0.1) is 0 Å². The summed E-state index contributed by atoms with van der Waals surface area (Å²) in [5, 5.41) is 0. The molecule has 0 aromatic carbocycles. The van der Waals surface area contributed by atoms with Crippen LogP contribution in [0.2, 0.25) is 0 Å². The van der Waals surface area contributed by atoms with E-state index in [2.05, 4.69) is 53.6 Å². The van der Waals surface area contributed by atoms with Crippen LogP contribution in [0.5, 0.6) is 0 Å². The zero-order valence-electron chi connectivity index (χ0n) is 10.2. The summed E-state index contributed by atoms with van der Waals surface area (Å²) in [6.07, 6.45) is 1.39. The molecule has 0 saturated heterocycles. The Hall–Kier alpha value is -0.0800. The molecule has 13 heavy (non-hydrogen) atoms. The van der Waals surface area contributed by atoms with E-state index in [9.17, 15) is 0 Å². The highest BCUT2D eigenvalue weighted by molar-refractivity contribution is 4.74. The first-order valence-electron chi connectivity index (χ1n) is 5.12. The Kier molecular flexibility index (Phi) is 4.93. The molecule has 80 valence electrons.